The Hall–Kier alpha value is -0.0300. The molecule has 1 heterocycles. The molecule has 1 saturated heterocycles. The van der Waals surface area contributed by atoms with E-state index in [0.29, 0.717) is 6.10 Å². The molecule has 1 aromatic carbocycles. The molecule has 0 radical (unpaired) electrons. The van der Waals surface area contributed by atoms with Crippen LogP contribution in [0.4, 0.5) is 0 Å². The molecule has 0 aromatic heterocycles. The van der Waals surface area contributed by atoms with Crippen molar-refractivity contribution in [3.05, 3.63) is 28.2 Å². The number of halogens is 1. The molecule has 1 fully saturated rings. The lowest BCUT2D eigenvalue weighted by Crippen LogP contribution is -2.18. The molecule has 1 aliphatic heterocycles. The molecule has 1 aromatic rings. The summed E-state index contributed by atoms with van der Waals surface area (Å²) in [6, 6.07) is 6.66. The molecular formula is C14H20BrNOS. The second kappa shape index (κ2) is 6.94. The van der Waals surface area contributed by atoms with E-state index >= 15 is 0 Å². The Labute approximate surface area is 122 Å². The van der Waals surface area contributed by atoms with E-state index in [1.165, 1.54) is 23.3 Å². The highest BCUT2D eigenvalue weighted by Gasteiger charge is 2.16. The van der Waals surface area contributed by atoms with Gasteiger partial charge >= 0.3 is 0 Å². The van der Waals surface area contributed by atoms with Crippen molar-refractivity contribution < 1.29 is 4.74 Å². The number of hydrogen-bond acceptors (Lipinski definition) is 3. The molecule has 2 atom stereocenters. The molecule has 4 heteroatoms. The Bertz CT molecular complexity index is 391. The first-order valence-corrected chi connectivity index (χ1v) is 8.21. The minimum absolute atomic E-state index is 0.202. The smallest absolute Gasteiger partial charge is 0.0669 e. The first kappa shape index (κ1) is 14.4. The highest BCUT2D eigenvalue weighted by molar-refractivity contribution is 9.10. The SMILES string of the molecule is CC(N)Cc1ccc(Br)cc1SCC1CCCO1. The summed E-state index contributed by atoms with van der Waals surface area (Å²) < 4.78 is 6.80. The Balaban J connectivity index is 2.01. The average molecular weight is 330 g/mol. The standard InChI is InChI=1S/C14H20BrNOS/c1-10(16)7-11-4-5-12(15)8-14(11)18-9-13-3-2-6-17-13/h4-5,8,10,13H,2-3,6-7,9,16H2,1H3. The highest BCUT2D eigenvalue weighted by Crippen LogP contribution is 2.29. The second-order valence-corrected chi connectivity index (χ2v) is 6.86. The van der Waals surface area contributed by atoms with Crippen molar-refractivity contribution in [2.75, 3.05) is 12.4 Å². The average Bonchev–Trinajstić information content (AvgIpc) is 2.82. The summed E-state index contributed by atoms with van der Waals surface area (Å²) in [7, 11) is 0. The number of hydrogen-bond donors (Lipinski definition) is 1. The van der Waals surface area contributed by atoms with E-state index in [4.69, 9.17) is 10.5 Å². The van der Waals surface area contributed by atoms with Crippen LogP contribution < -0.4 is 5.73 Å². The van der Waals surface area contributed by atoms with Gasteiger partial charge < -0.3 is 10.5 Å². The molecule has 0 bridgehead atoms. The molecule has 2 unspecified atom stereocenters. The molecule has 0 spiro atoms. The predicted molar refractivity (Wildman–Crippen MR) is 81.2 cm³/mol. The summed E-state index contributed by atoms with van der Waals surface area (Å²) in [6.07, 6.45) is 3.76. The van der Waals surface area contributed by atoms with Gasteiger partial charge in [-0.2, -0.15) is 0 Å². The number of ether oxygens (including phenoxy) is 1. The summed E-state index contributed by atoms with van der Waals surface area (Å²) in [5, 5.41) is 0. The normalized spacial score (nSPS) is 21.2. The van der Waals surface area contributed by atoms with Gasteiger partial charge in [0.05, 0.1) is 6.10 Å². The van der Waals surface area contributed by atoms with Crippen LogP contribution in [0.2, 0.25) is 0 Å². The highest BCUT2D eigenvalue weighted by atomic mass is 79.9. The lowest BCUT2D eigenvalue weighted by molar-refractivity contribution is 0.129. The minimum Gasteiger partial charge on any atom is -0.377 e. The van der Waals surface area contributed by atoms with Crippen molar-refractivity contribution in [2.45, 2.75) is 43.2 Å². The summed E-state index contributed by atoms with van der Waals surface area (Å²) in [5.74, 6) is 1.04. The maximum Gasteiger partial charge on any atom is 0.0669 e. The van der Waals surface area contributed by atoms with Gasteiger partial charge in [-0.15, -0.1) is 11.8 Å². The zero-order valence-electron chi connectivity index (χ0n) is 10.7. The molecule has 18 heavy (non-hydrogen) atoms. The van der Waals surface area contributed by atoms with Gasteiger partial charge in [-0.05, 0) is 43.9 Å². The van der Waals surface area contributed by atoms with Gasteiger partial charge in [0.2, 0.25) is 0 Å². The Morgan fingerprint density at radius 2 is 2.39 bits per heavy atom. The third kappa shape index (κ3) is 4.26. The van der Waals surface area contributed by atoms with E-state index in [1.807, 2.05) is 11.8 Å². The Morgan fingerprint density at radius 3 is 3.06 bits per heavy atom. The molecule has 2 nitrogen and oxygen atoms in total. The maximum atomic E-state index is 5.90. The molecular weight excluding hydrogens is 310 g/mol. The Morgan fingerprint density at radius 1 is 1.56 bits per heavy atom. The van der Waals surface area contributed by atoms with Crippen molar-refractivity contribution in [3.63, 3.8) is 0 Å². The summed E-state index contributed by atoms with van der Waals surface area (Å²) in [6.45, 7) is 2.98. The van der Waals surface area contributed by atoms with E-state index in [-0.39, 0.29) is 6.04 Å². The van der Waals surface area contributed by atoms with Crippen LogP contribution in [-0.4, -0.2) is 24.5 Å². The van der Waals surface area contributed by atoms with E-state index in [2.05, 4.69) is 41.1 Å². The zero-order chi connectivity index (χ0) is 13.0. The van der Waals surface area contributed by atoms with Crippen LogP contribution in [0, 0.1) is 0 Å². The molecule has 2 rings (SSSR count). The Kier molecular flexibility index (Phi) is 5.55. The first-order chi connectivity index (χ1) is 8.65. The third-order valence-electron chi connectivity index (χ3n) is 3.02. The first-order valence-electron chi connectivity index (χ1n) is 6.43. The molecule has 0 aliphatic carbocycles. The topological polar surface area (TPSA) is 35.2 Å². The van der Waals surface area contributed by atoms with E-state index in [1.54, 1.807) is 0 Å². The molecule has 0 saturated carbocycles. The lowest BCUT2D eigenvalue weighted by Gasteiger charge is -2.14. The van der Waals surface area contributed by atoms with Gasteiger partial charge in [-0.25, -0.2) is 0 Å². The number of nitrogens with two attached hydrogens (primary N) is 1. The fourth-order valence-electron chi connectivity index (χ4n) is 2.14. The summed E-state index contributed by atoms with van der Waals surface area (Å²) in [4.78, 5) is 1.33. The van der Waals surface area contributed by atoms with Gasteiger partial charge in [0, 0.05) is 27.8 Å². The monoisotopic (exact) mass is 329 g/mol. The minimum atomic E-state index is 0.202. The lowest BCUT2D eigenvalue weighted by atomic mass is 10.1. The second-order valence-electron chi connectivity index (χ2n) is 4.88. The quantitative estimate of drug-likeness (QED) is 0.838. The van der Waals surface area contributed by atoms with Crippen molar-refractivity contribution in [1.29, 1.82) is 0 Å². The van der Waals surface area contributed by atoms with E-state index in [9.17, 15) is 0 Å². The van der Waals surface area contributed by atoms with Crippen LogP contribution in [0.15, 0.2) is 27.6 Å². The van der Waals surface area contributed by atoms with Crippen LogP contribution in [0.3, 0.4) is 0 Å². The van der Waals surface area contributed by atoms with Gasteiger partial charge in [0.1, 0.15) is 0 Å². The molecule has 100 valence electrons. The third-order valence-corrected chi connectivity index (χ3v) is 4.74. The van der Waals surface area contributed by atoms with Crippen LogP contribution in [0.5, 0.6) is 0 Å². The van der Waals surface area contributed by atoms with Crippen molar-refractivity contribution in [1.82, 2.24) is 0 Å². The molecule has 1 aliphatic rings. The number of benzene rings is 1. The van der Waals surface area contributed by atoms with Gasteiger partial charge in [0.15, 0.2) is 0 Å². The largest absolute Gasteiger partial charge is 0.377 e. The van der Waals surface area contributed by atoms with Gasteiger partial charge in [-0.1, -0.05) is 22.0 Å². The fraction of sp³-hybridized carbons (Fsp3) is 0.571. The maximum absolute atomic E-state index is 5.90. The van der Waals surface area contributed by atoms with Crippen LogP contribution in [0.1, 0.15) is 25.3 Å². The summed E-state index contributed by atoms with van der Waals surface area (Å²) in [5.41, 5.74) is 7.25. The van der Waals surface area contributed by atoms with Crippen molar-refractivity contribution >= 4 is 27.7 Å². The summed E-state index contributed by atoms with van der Waals surface area (Å²) >= 11 is 5.43. The molecule has 2 N–H and O–H groups in total. The van der Waals surface area contributed by atoms with E-state index < -0.39 is 0 Å². The number of rotatable bonds is 5. The fourth-order valence-corrected chi connectivity index (χ4v) is 3.82. The van der Waals surface area contributed by atoms with E-state index in [0.717, 1.165) is 23.3 Å². The van der Waals surface area contributed by atoms with Crippen molar-refractivity contribution in [3.8, 4) is 0 Å². The van der Waals surface area contributed by atoms with Crippen LogP contribution in [-0.2, 0) is 11.2 Å². The van der Waals surface area contributed by atoms with Crippen LogP contribution >= 0.6 is 27.7 Å². The number of thioether (sulfide) groups is 1. The van der Waals surface area contributed by atoms with Crippen molar-refractivity contribution in [2.24, 2.45) is 5.73 Å². The van der Waals surface area contributed by atoms with Crippen LogP contribution in [0.25, 0.3) is 0 Å². The zero-order valence-corrected chi connectivity index (χ0v) is 13.1. The van der Waals surface area contributed by atoms with Gasteiger partial charge in [0.25, 0.3) is 0 Å². The molecule has 0 amide bonds. The predicted octanol–water partition coefficient (Wildman–Crippen LogP) is 3.61. The van der Waals surface area contributed by atoms with Gasteiger partial charge in [-0.3, -0.25) is 0 Å².